The highest BCUT2D eigenvalue weighted by Gasteiger charge is 2.10. The topological polar surface area (TPSA) is 39.1 Å². The summed E-state index contributed by atoms with van der Waals surface area (Å²) in [7, 11) is 1.69. The van der Waals surface area contributed by atoms with Gasteiger partial charge in [0.1, 0.15) is 5.75 Å². The summed E-state index contributed by atoms with van der Waals surface area (Å²) in [5.41, 5.74) is 2.28. The highest BCUT2D eigenvalue weighted by molar-refractivity contribution is 5.35. The summed E-state index contributed by atoms with van der Waals surface area (Å²) < 4.78 is 7.07. The van der Waals surface area contributed by atoms with Crippen molar-refractivity contribution in [3.8, 4) is 5.75 Å². The van der Waals surface area contributed by atoms with Gasteiger partial charge in [0.25, 0.3) is 0 Å². The molecule has 0 aliphatic rings. The smallest absolute Gasteiger partial charge is 0.123 e. The molecule has 2 aromatic rings. The first-order valence-corrected chi connectivity index (χ1v) is 6.26. The molecule has 0 amide bonds. The molecule has 4 nitrogen and oxygen atoms in total. The van der Waals surface area contributed by atoms with E-state index in [2.05, 4.69) is 30.0 Å². The number of aromatic nitrogens is 2. The van der Waals surface area contributed by atoms with Crippen LogP contribution in [0.2, 0.25) is 0 Å². The summed E-state index contributed by atoms with van der Waals surface area (Å²) in [6.07, 6.45) is 5.46. The Morgan fingerprint density at radius 1 is 1.47 bits per heavy atom. The molecule has 1 atom stereocenters. The second-order valence-corrected chi connectivity index (χ2v) is 4.36. The minimum Gasteiger partial charge on any atom is -0.496 e. The lowest BCUT2D eigenvalue weighted by atomic mass is 10.1. The largest absolute Gasteiger partial charge is 0.496 e. The Bertz CT molecular complexity index is 548. The van der Waals surface area contributed by atoms with Gasteiger partial charge in [-0.3, -0.25) is 0 Å². The fraction of sp³-hybridized carbons (Fsp3) is 0.267. The molecule has 0 bridgehead atoms. The summed E-state index contributed by atoms with van der Waals surface area (Å²) in [5.74, 6) is 0.907. The molecular weight excluding hydrogens is 238 g/mol. The van der Waals surface area contributed by atoms with Gasteiger partial charge in [-0.15, -0.1) is 0 Å². The number of rotatable bonds is 6. The second-order valence-electron chi connectivity index (χ2n) is 4.36. The van der Waals surface area contributed by atoms with Crippen molar-refractivity contribution >= 4 is 6.20 Å². The zero-order chi connectivity index (χ0) is 13.7. The molecule has 0 unspecified atom stereocenters. The van der Waals surface area contributed by atoms with E-state index in [9.17, 15) is 0 Å². The van der Waals surface area contributed by atoms with Crippen molar-refractivity contribution in [3.63, 3.8) is 0 Å². The number of para-hydroxylation sites is 1. The van der Waals surface area contributed by atoms with E-state index in [4.69, 9.17) is 4.74 Å². The summed E-state index contributed by atoms with van der Waals surface area (Å²) in [6.45, 7) is 6.55. The van der Waals surface area contributed by atoms with Crippen molar-refractivity contribution in [2.45, 2.75) is 19.5 Å². The lowest BCUT2D eigenvalue weighted by molar-refractivity contribution is 0.401. The Balaban J connectivity index is 2.00. The third kappa shape index (κ3) is 3.23. The average Bonchev–Trinajstić information content (AvgIpc) is 2.92. The Labute approximate surface area is 113 Å². The van der Waals surface area contributed by atoms with Gasteiger partial charge in [-0.1, -0.05) is 24.8 Å². The minimum atomic E-state index is 0.211. The maximum atomic E-state index is 5.37. The SMILES string of the molecule is C=Cn1cc(CN[C@@H](C)c2ccccc2OC)cn1. The van der Waals surface area contributed by atoms with E-state index in [0.29, 0.717) is 0 Å². The van der Waals surface area contributed by atoms with E-state index in [1.807, 2.05) is 30.6 Å². The van der Waals surface area contributed by atoms with Gasteiger partial charge in [0.2, 0.25) is 0 Å². The summed E-state index contributed by atoms with van der Waals surface area (Å²) in [4.78, 5) is 0. The Morgan fingerprint density at radius 3 is 2.95 bits per heavy atom. The van der Waals surface area contributed by atoms with Crippen LogP contribution < -0.4 is 10.1 Å². The van der Waals surface area contributed by atoms with E-state index in [-0.39, 0.29) is 6.04 Å². The maximum Gasteiger partial charge on any atom is 0.123 e. The lowest BCUT2D eigenvalue weighted by Gasteiger charge is -2.16. The van der Waals surface area contributed by atoms with Crippen molar-refractivity contribution in [1.29, 1.82) is 0 Å². The summed E-state index contributed by atoms with van der Waals surface area (Å²) in [6, 6.07) is 8.25. The zero-order valence-electron chi connectivity index (χ0n) is 11.3. The molecule has 0 aliphatic heterocycles. The van der Waals surface area contributed by atoms with Crippen LogP contribution >= 0.6 is 0 Å². The monoisotopic (exact) mass is 257 g/mol. The number of hydrogen-bond donors (Lipinski definition) is 1. The van der Waals surface area contributed by atoms with Gasteiger partial charge in [0.05, 0.1) is 13.3 Å². The number of nitrogens with one attached hydrogen (secondary N) is 1. The van der Waals surface area contributed by atoms with E-state index in [1.54, 1.807) is 18.0 Å². The molecule has 1 N–H and O–H groups in total. The van der Waals surface area contributed by atoms with Crippen LogP contribution in [-0.4, -0.2) is 16.9 Å². The standard InChI is InChI=1S/C15H19N3O/c1-4-18-11-13(10-17-18)9-16-12(2)14-7-5-6-8-15(14)19-3/h4-8,10-12,16H,1,9H2,2-3H3/t12-/m0/s1. The van der Waals surface area contributed by atoms with Crippen LogP contribution in [0.1, 0.15) is 24.1 Å². The summed E-state index contributed by atoms with van der Waals surface area (Å²) >= 11 is 0. The minimum absolute atomic E-state index is 0.211. The van der Waals surface area contributed by atoms with Crippen LogP contribution in [0.4, 0.5) is 0 Å². The maximum absolute atomic E-state index is 5.37. The van der Waals surface area contributed by atoms with Gasteiger partial charge >= 0.3 is 0 Å². The lowest BCUT2D eigenvalue weighted by Crippen LogP contribution is -2.18. The molecule has 4 heteroatoms. The van der Waals surface area contributed by atoms with Gasteiger partial charge in [-0.2, -0.15) is 5.10 Å². The molecule has 0 aliphatic carbocycles. The van der Waals surface area contributed by atoms with Gasteiger partial charge < -0.3 is 10.1 Å². The molecule has 0 fully saturated rings. The molecule has 0 saturated carbocycles. The molecule has 1 aromatic carbocycles. The predicted octanol–water partition coefficient (Wildman–Crippen LogP) is 2.84. The predicted molar refractivity (Wildman–Crippen MR) is 76.9 cm³/mol. The van der Waals surface area contributed by atoms with Crippen molar-refractivity contribution in [2.24, 2.45) is 0 Å². The van der Waals surface area contributed by atoms with Gasteiger partial charge in [-0.05, 0) is 13.0 Å². The fourth-order valence-electron chi connectivity index (χ4n) is 1.97. The Morgan fingerprint density at radius 2 is 2.26 bits per heavy atom. The number of nitrogens with zero attached hydrogens (tertiary/aromatic N) is 2. The van der Waals surface area contributed by atoms with Crippen LogP contribution in [0.25, 0.3) is 6.20 Å². The Hall–Kier alpha value is -2.07. The normalized spacial score (nSPS) is 12.1. The molecule has 0 radical (unpaired) electrons. The molecule has 19 heavy (non-hydrogen) atoms. The van der Waals surface area contributed by atoms with Crippen molar-refractivity contribution < 1.29 is 4.74 Å². The van der Waals surface area contributed by atoms with Crippen LogP contribution in [0.15, 0.2) is 43.2 Å². The first kappa shape index (κ1) is 13.4. The average molecular weight is 257 g/mol. The van der Waals surface area contributed by atoms with E-state index in [1.165, 1.54) is 0 Å². The van der Waals surface area contributed by atoms with Crippen molar-refractivity contribution in [1.82, 2.24) is 15.1 Å². The van der Waals surface area contributed by atoms with Crippen LogP contribution in [0.3, 0.4) is 0 Å². The number of ether oxygens (including phenoxy) is 1. The molecule has 0 spiro atoms. The van der Waals surface area contributed by atoms with Crippen LogP contribution in [0.5, 0.6) is 5.75 Å². The van der Waals surface area contributed by atoms with Crippen LogP contribution in [0, 0.1) is 0 Å². The Kier molecular flexibility index (Phi) is 4.36. The molecule has 0 saturated heterocycles. The number of hydrogen-bond acceptors (Lipinski definition) is 3. The highest BCUT2D eigenvalue weighted by atomic mass is 16.5. The third-order valence-electron chi connectivity index (χ3n) is 3.06. The van der Waals surface area contributed by atoms with E-state index < -0.39 is 0 Å². The second kappa shape index (κ2) is 6.20. The van der Waals surface area contributed by atoms with E-state index in [0.717, 1.165) is 23.4 Å². The zero-order valence-corrected chi connectivity index (χ0v) is 11.3. The first-order chi connectivity index (χ1) is 9.24. The van der Waals surface area contributed by atoms with E-state index >= 15 is 0 Å². The quantitative estimate of drug-likeness (QED) is 0.865. The fourth-order valence-corrected chi connectivity index (χ4v) is 1.97. The van der Waals surface area contributed by atoms with Crippen molar-refractivity contribution in [2.75, 3.05) is 7.11 Å². The number of methoxy groups -OCH3 is 1. The molecule has 1 aromatic heterocycles. The molecule has 2 rings (SSSR count). The number of benzene rings is 1. The van der Waals surface area contributed by atoms with Gasteiger partial charge in [0, 0.05) is 36.1 Å². The van der Waals surface area contributed by atoms with Gasteiger partial charge in [-0.25, -0.2) is 4.68 Å². The molecule has 100 valence electrons. The molecular formula is C15H19N3O. The van der Waals surface area contributed by atoms with Crippen molar-refractivity contribution in [3.05, 3.63) is 54.4 Å². The first-order valence-electron chi connectivity index (χ1n) is 6.26. The molecule has 1 heterocycles. The third-order valence-corrected chi connectivity index (χ3v) is 3.06. The highest BCUT2D eigenvalue weighted by Crippen LogP contribution is 2.24. The van der Waals surface area contributed by atoms with Crippen LogP contribution in [-0.2, 0) is 6.54 Å². The summed E-state index contributed by atoms with van der Waals surface area (Å²) in [5, 5.41) is 7.61. The van der Waals surface area contributed by atoms with Gasteiger partial charge in [0.15, 0.2) is 0 Å².